The summed E-state index contributed by atoms with van der Waals surface area (Å²) in [6.07, 6.45) is 7.39. The third-order valence-electron chi connectivity index (χ3n) is 2.27. The van der Waals surface area contributed by atoms with Gasteiger partial charge in [0.15, 0.2) is 0 Å². The Balaban J connectivity index is 2.02. The number of ether oxygens (including phenoxy) is 1. The van der Waals surface area contributed by atoms with Crippen LogP contribution in [0.25, 0.3) is 0 Å². The Morgan fingerprint density at radius 3 is 2.64 bits per heavy atom. The largest absolute Gasteiger partial charge is 0.486 e. The quantitative estimate of drug-likeness (QED) is 0.538. The van der Waals surface area contributed by atoms with Gasteiger partial charge in [0.1, 0.15) is 18.1 Å². The summed E-state index contributed by atoms with van der Waals surface area (Å²) < 4.78 is 5.67. The van der Waals surface area contributed by atoms with Gasteiger partial charge in [-0.3, -0.25) is 4.79 Å². The molecule has 1 unspecified atom stereocenters. The van der Waals surface area contributed by atoms with Gasteiger partial charge in [-0.1, -0.05) is 6.08 Å². The van der Waals surface area contributed by atoms with Crippen LogP contribution in [0.5, 0.6) is 5.75 Å². The van der Waals surface area contributed by atoms with Crippen molar-refractivity contribution in [3.05, 3.63) is 42.0 Å². The minimum absolute atomic E-state index is 0.206. The van der Waals surface area contributed by atoms with Crippen molar-refractivity contribution in [2.75, 3.05) is 0 Å². The van der Waals surface area contributed by atoms with Crippen LogP contribution in [-0.2, 0) is 0 Å². The van der Waals surface area contributed by atoms with Gasteiger partial charge in [0.25, 0.3) is 0 Å². The average molecular weight is 188 g/mol. The summed E-state index contributed by atoms with van der Waals surface area (Å²) >= 11 is 0. The Morgan fingerprint density at radius 1 is 1.29 bits per heavy atom. The van der Waals surface area contributed by atoms with Gasteiger partial charge in [-0.05, 0) is 43.2 Å². The van der Waals surface area contributed by atoms with Crippen molar-refractivity contribution in [1.29, 1.82) is 0 Å². The van der Waals surface area contributed by atoms with Crippen molar-refractivity contribution in [1.82, 2.24) is 0 Å². The molecule has 0 amide bonds. The molecule has 0 fully saturated rings. The molecule has 14 heavy (non-hydrogen) atoms. The highest BCUT2D eigenvalue weighted by molar-refractivity contribution is 5.74. The first-order valence-corrected chi connectivity index (χ1v) is 4.77. The maximum Gasteiger partial charge on any atom is 0.150 e. The van der Waals surface area contributed by atoms with Crippen LogP contribution < -0.4 is 4.74 Å². The SMILES string of the molecule is O=Cc1ccc(OC2C=CCC2)cc1. The number of rotatable bonds is 3. The third-order valence-corrected chi connectivity index (χ3v) is 2.27. The van der Waals surface area contributed by atoms with Crippen LogP contribution in [0, 0.1) is 0 Å². The standard InChI is InChI=1S/C12H12O2/c13-9-10-5-7-12(8-6-10)14-11-3-1-2-4-11/h1,3,5-9,11H,2,4H2. The van der Waals surface area contributed by atoms with E-state index in [4.69, 9.17) is 4.74 Å². The van der Waals surface area contributed by atoms with Crippen LogP contribution >= 0.6 is 0 Å². The topological polar surface area (TPSA) is 26.3 Å². The fourth-order valence-electron chi connectivity index (χ4n) is 1.50. The molecule has 0 saturated heterocycles. The number of aldehydes is 1. The van der Waals surface area contributed by atoms with Crippen LogP contribution in [0.4, 0.5) is 0 Å². The summed E-state index contributed by atoms with van der Waals surface area (Å²) in [5.74, 6) is 0.826. The van der Waals surface area contributed by atoms with Gasteiger partial charge in [0.05, 0.1) is 0 Å². The van der Waals surface area contributed by atoms with Crippen LogP contribution in [0.15, 0.2) is 36.4 Å². The van der Waals surface area contributed by atoms with Gasteiger partial charge in [0, 0.05) is 5.56 Å². The number of benzene rings is 1. The van der Waals surface area contributed by atoms with E-state index in [9.17, 15) is 4.79 Å². The molecular formula is C12H12O2. The van der Waals surface area contributed by atoms with E-state index in [1.54, 1.807) is 12.1 Å². The van der Waals surface area contributed by atoms with Gasteiger partial charge < -0.3 is 4.74 Å². The Hall–Kier alpha value is -1.57. The second-order valence-corrected chi connectivity index (χ2v) is 3.35. The monoisotopic (exact) mass is 188 g/mol. The molecule has 2 heteroatoms. The molecule has 0 heterocycles. The highest BCUT2D eigenvalue weighted by Gasteiger charge is 2.09. The summed E-state index contributed by atoms with van der Waals surface area (Å²) in [6.45, 7) is 0. The molecule has 0 N–H and O–H groups in total. The molecule has 2 rings (SSSR count). The molecule has 1 atom stereocenters. The molecule has 0 aromatic heterocycles. The molecule has 1 aliphatic carbocycles. The van der Waals surface area contributed by atoms with Crippen LogP contribution in [0.3, 0.4) is 0 Å². The Bertz CT molecular complexity index is 338. The van der Waals surface area contributed by atoms with E-state index >= 15 is 0 Å². The minimum Gasteiger partial charge on any atom is -0.486 e. The Kier molecular flexibility index (Phi) is 2.63. The van der Waals surface area contributed by atoms with E-state index < -0.39 is 0 Å². The van der Waals surface area contributed by atoms with Gasteiger partial charge in [0.2, 0.25) is 0 Å². The lowest BCUT2D eigenvalue weighted by Gasteiger charge is -2.11. The first kappa shape index (κ1) is 9.00. The number of carbonyl (C=O) groups is 1. The molecule has 0 saturated carbocycles. The Labute approximate surface area is 83.2 Å². The van der Waals surface area contributed by atoms with E-state index in [0.29, 0.717) is 5.56 Å². The third kappa shape index (κ3) is 2.02. The normalized spacial score (nSPS) is 19.6. The van der Waals surface area contributed by atoms with Crippen molar-refractivity contribution in [2.45, 2.75) is 18.9 Å². The Morgan fingerprint density at radius 2 is 2.07 bits per heavy atom. The van der Waals surface area contributed by atoms with Crippen molar-refractivity contribution in [3.63, 3.8) is 0 Å². The molecule has 2 nitrogen and oxygen atoms in total. The van der Waals surface area contributed by atoms with E-state index in [2.05, 4.69) is 12.2 Å². The minimum atomic E-state index is 0.206. The highest BCUT2D eigenvalue weighted by Crippen LogP contribution is 2.18. The molecule has 1 aromatic carbocycles. The number of carbonyl (C=O) groups excluding carboxylic acids is 1. The first-order chi connectivity index (χ1) is 6.88. The maximum atomic E-state index is 10.4. The number of hydrogen-bond donors (Lipinski definition) is 0. The van der Waals surface area contributed by atoms with E-state index in [-0.39, 0.29) is 6.10 Å². The summed E-state index contributed by atoms with van der Waals surface area (Å²) in [4.78, 5) is 10.4. The molecular weight excluding hydrogens is 176 g/mol. The van der Waals surface area contributed by atoms with Gasteiger partial charge in [-0.2, -0.15) is 0 Å². The lowest BCUT2D eigenvalue weighted by atomic mass is 10.2. The molecule has 0 spiro atoms. The number of allylic oxidation sites excluding steroid dienone is 1. The summed E-state index contributed by atoms with van der Waals surface area (Å²) in [5.41, 5.74) is 0.680. The summed E-state index contributed by atoms with van der Waals surface area (Å²) in [7, 11) is 0. The highest BCUT2D eigenvalue weighted by atomic mass is 16.5. The average Bonchev–Trinajstić information content (AvgIpc) is 2.72. The lowest BCUT2D eigenvalue weighted by molar-refractivity contribution is 0.112. The predicted molar refractivity (Wildman–Crippen MR) is 54.6 cm³/mol. The second-order valence-electron chi connectivity index (χ2n) is 3.35. The molecule has 0 aliphatic heterocycles. The second kappa shape index (κ2) is 4.09. The first-order valence-electron chi connectivity index (χ1n) is 4.77. The molecule has 1 aromatic rings. The van der Waals surface area contributed by atoms with E-state index in [0.717, 1.165) is 24.9 Å². The van der Waals surface area contributed by atoms with Crippen molar-refractivity contribution in [2.24, 2.45) is 0 Å². The molecule has 72 valence electrons. The van der Waals surface area contributed by atoms with Crippen LogP contribution in [0.2, 0.25) is 0 Å². The van der Waals surface area contributed by atoms with Gasteiger partial charge >= 0.3 is 0 Å². The molecule has 0 radical (unpaired) electrons. The zero-order chi connectivity index (χ0) is 9.80. The zero-order valence-electron chi connectivity index (χ0n) is 7.85. The van der Waals surface area contributed by atoms with Gasteiger partial charge in [-0.25, -0.2) is 0 Å². The maximum absolute atomic E-state index is 10.4. The zero-order valence-corrected chi connectivity index (χ0v) is 7.85. The molecule has 0 bridgehead atoms. The fraction of sp³-hybridized carbons (Fsp3) is 0.250. The lowest BCUT2D eigenvalue weighted by Crippen LogP contribution is -2.09. The molecule has 1 aliphatic rings. The van der Waals surface area contributed by atoms with Gasteiger partial charge in [-0.15, -0.1) is 0 Å². The van der Waals surface area contributed by atoms with Crippen molar-refractivity contribution >= 4 is 6.29 Å². The van der Waals surface area contributed by atoms with Crippen LogP contribution in [-0.4, -0.2) is 12.4 Å². The van der Waals surface area contributed by atoms with Crippen molar-refractivity contribution in [3.8, 4) is 5.75 Å². The summed E-state index contributed by atoms with van der Waals surface area (Å²) in [6, 6.07) is 7.19. The smallest absolute Gasteiger partial charge is 0.150 e. The van der Waals surface area contributed by atoms with Crippen LogP contribution in [0.1, 0.15) is 23.2 Å². The summed E-state index contributed by atoms with van der Waals surface area (Å²) in [5, 5.41) is 0. The van der Waals surface area contributed by atoms with E-state index in [1.165, 1.54) is 0 Å². The fourth-order valence-corrected chi connectivity index (χ4v) is 1.50. The number of hydrogen-bond acceptors (Lipinski definition) is 2. The van der Waals surface area contributed by atoms with E-state index in [1.807, 2.05) is 12.1 Å². The predicted octanol–water partition coefficient (Wildman–Crippen LogP) is 2.60. The van der Waals surface area contributed by atoms with Crippen molar-refractivity contribution < 1.29 is 9.53 Å².